The molecule has 1 aromatic carbocycles. The van der Waals surface area contributed by atoms with E-state index in [1.807, 2.05) is 46.7 Å². The Kier molecular flexibility index (Phi) is 4.94. The summed E-state index contributed by atoms with van der Waals surface area (Å²) in [7, 11) is 0. The van der Waals surface area contributed by atoms with Gasteiger partial charge in [-0.05, 0) is 44.2 Å². The van der Waals surface area contributed by atoms with Crippen LogP contribution in [0.5, 0.6) is 0 Å². The third kappa shape index (κ3) is 3.21. The number of rotatable bonds is 5. The van der Waals surface area contributed by atoms with Gasteiger partial charge in [0.15, 0.2) is 0 Å². The van der Waals surface area contributed by atoms with Crippen molar-refractivity contribution >= 4 is 22.7 Å². The molecule has 1 aliphatic carbocycles. The van der Waals surface area contributed by atoms with Gasteiger partial charge in [-0.1, -0.05) is 44.9 Å². The average molecular weight is 382 g/mol. The van der Waals surface area contributed by atoms with Crippen molar-refractivity contribution in [3.63, 3.8) is 0 Å². The van der Waals surface area contributed by atoms with E-state index in [0.717, 1.165) is 30.2 Å². The Hall–Kier alpha value is -2.30. The second-order valence-electron chi connectivity index (χ2n) is 9.04. The number of nitrogens with one attached hydrogen (secondary N) is 1. The Morgan fingerprint density at radius 2 is 1.96 bits per heavy atom. The van der Waals surface area contributed by atoms with Crippen LogP contribution in [0.2, 0.25) is 0 Å². The van der Waals surface area contributed by atoms with Gasteiger partial charge in [-0.15, -0.1) is 0 Å². The monoisotopic (exact) mass is 381 g/mol. The quantitative estimate of drug-likeness (QED) is 0.852. The van der Waals surface area contributed by atoms with Crippen LogP contribution in [0.25, 0.3) is 10.9 Å². The second-order valence-corrected chi connectivity index (χ2v) is 9.04. The summed E-state index contributed by atoms with van der Waals surface area (Å²) >= 11 is 0. The first-order valence-corrected chi connectivity index (χ1v) is 10.6. The van der Waals surface area contributed by atoms with E-state index in [4.69, 9.17) is 0 Å². The summed E-state index contributed by atoms with van der Waals surface area (Å²) in [5.74, 6) is 0.426. The molecule has 0 spiro atoms. The summed E-state index contributed by atoms with van der Waals surface area (Å²) < 4.78 is 2.04. The number of aromatic nitrogens is 1. The van der Waals surface area contributed by atoms with Gasteiger partial charge in [-0.3, -0.25) is 9.59 Å². The van der Waals surface area contributed by atoms with Gasteiger partial charge in [0.1, 0.15) is 11.2 Å². The van der Waals surface area contributed by atoms with Crippen LogP contribution in [-0.2, 0) is 11.3 Å². The van der Waals surface area contributed by atoms with Crippen molar-refractivity contribution in [2.75, 3.05) is 6.54 Å². The van der Waals surface area contributed by atoms with Crippen molar-refractivity contribution in [1.29, 1.82) is 0 Å². The molecule has 2 aromatic rings. The fraction of sp³-hybridized carbons (Fsp3) is 0.565. The lowest BCUT2D eigenvalue weighted by Gasteiger charge is -2.44. The van der Waals surface area contributed by atoms with Crippen LogP contribution in [0.3, 0.4) is 0 Å². The highest BCUT2D eigenvalue weighted by molar-refractivity contribution is 6.03. The Bertz CT molecular complexity index is 894. The topological polar surface area (TPSA) is 54.3 Å². The average Bonchev–Trinajstić information content (AvgIpc) is 3.29. The molecule has 2 amide bonds. The molecule has 0 unspecified atom stereocenters. The van der Waals surface area contributed by atoms with Gasteiger partial charge in [0.25, 0.3) is 5.91 Å². The summed E-state index contributed by atoms with van der Waals surface area (Å²) in [6.07, 6.45) is 5.31. The minimum Gasteiger partial charge on any atom is -0.351 e. The third-order valence-corrected chi connectivity index (χ3v) is 6.45. The minimum absolute atomic E-state index is 0.0139. The van der Waals surface area contributed by atoms with E-state index in [-0.39, 0.29) is 17.9 Å². The lowest BCUT2D eigenvalue weighted by atomic mass is 9.93. The van der Waals surface area contributed by atoms with Gasteiger partial charge in [0.2, 0.25) is 5.91 Å². The zero-order valence-corrected chi connectivity index (χ0v) is 17.2. The largest absolute Gasteiger partial charge is 0.351 e. The van der Waals surface area contributed by atoms with E-state index < -0.39 is 5.54 Å². The van der Waals surface area contributed by atoms with E-state index in [1.54, 1.807) is 0 Å². The molecule has 150 valence electrons. The van der Waals surface area contributed by atoms with E-state index in [2.05, 4.69) is 19.2 Å². The van der Waals surface area contributed by atoms with Gasteiger partial charge in [-0.25, -0.2) is 0 Å². The van der Waals surface area contributed by atoms with Crippen molar-refractivity contribution < 1.29 is 9.59 Å². The molecule has 1 aliphatic heterocycles. The van der Waals surface area contributed by atoms with Gasteiger partial charge < -0.3 is 14.8 Å². The van der Waals surface area contributed by atoms with Crippen LogP contribution in [0.15, 0.2) is 30.3 Å². The lowest BCUT2D eigenvalue weighted by Crippen LogP contribution is -2.65. The molecule has 4 rings (SSSR count). The highest BCUT2D eigenvalue weighted by Crippen LogP contribution is 2.33. The highest BCUT2D eigenvalue weighted by Gasteiger charge is 2.47. The number of amides is 2. The summed E-state index contributed by atoms with van der Waals surface area (Å²) in [6.45, 7) is 7.35. The molecule has 5 nitrogen and oxygen atoms in total. The number of fused-ring (bicyclic) bond motifs is 3. The Morgan fingerprint density at radius 3 is 2.68 bits per heavy atom. The van der Waals surface area contributed by atoms with Crippen molar-refractivity contribution in [2.24, 2.45) is 5.92 Å². The number of benzene rings is 1. The number of hydrogen-bond acceptors (Lipinski definition) is 2. The summed E-state index contributed by atoms with van der Waals surface area (Å²) in [6, 6.07) is 10.2. The Labute approximate surface area is 167 Å². The summed E-state index contributed by atoms with van der Waals surface area (Å²) in [5.41, 5.74) is 0.842. The molecule has 0 saturated heterocycles. The van der Waals surface area contributed by atoms with Crippen LogP contribution >= 0.6 is 0 Å². The fourth-order valence-corrected chi connectivity index (χ4v) is 4.65. The molecule has 0 bridgehead atoms. The molecule has 1 N–H and O–H groups in total. The molecule has 5 heteroatoms. The number of nitrogens with zero attached hydrogens (tertiary/aromatic N) is 2. The molecule has 1 aromatic heterocycles. The van der Waals surface area contributed by atoms with Gasteiger partial charge in [0, 0.05) is 23.5 Å². The molecule has 2 heterocycles. The van der Waals surface area contributed by atoms with E-state index in [0.29, 0.717) is 24.7 Å². The maximum absolute atomic E-state index is 13.5. The normalized spacial score (nSPS) is 22.9. The predicted molar refractivity (Wildman–Crippen MR) is 111 cm³/mol. The minimum atomic E-state index is -0.872. The Morgan fingerprint density at radius 1 is 1.25 bits per heavy atom. The molecule has 1 atom stereocenters. The van der Waals surface area contributed by atoms with E-state index >= 15 is 0 Å². The number of para-hydroxylation sites is 1. The van der Waals surface area contributed by atoms with Crippen LogP contribution in [-0.4, -0.2) is 39.4 Å². The van der Waals surface area contributed by atoms with E-state index in [9.17, 15) is 9.59 Å². The predicted octanol–water partition coefficient (Wildman–Crippen LogP) is 3.96. The van der Waals surface area contributed by atoms with Crippen LogP contribution in [0.1, 0.15) is 63.4 Å². The maximum Gasteiger partial charge on any atom is 0.271 e. The maximum atomic E-state index is 13.5. The van der Waals surface area contributed by atoms with Crippen molar-refractivity contribution in [3.8, 4) is 0 Å². The van der Waals surface area contributed by atoms with Crippen LogP contribution < -0.4 is 5.32 Å². The zero-order valence-electron chi connectivity index (χ0n) is 17.2. The first-order chi connectivity index (χ1) is 13.4. The van der Waals surface area contributed by atoms with Gasteiger partial charge in [0.05, 0.1) is 6.54 Å². The molecule has 1 saturated carbocycles. The van der Waals surface area contributed by atoms with Crippen molar-refractivity contribution in [1.82, 2.24) is 14.8 Å². The smallest absolute Gasteiger partial charge is 0.271 e. The number of hydrogen-bond donors (Lipinski definition) is 1. The molecule has 0 radical (unpaired) electrons. The summed E-state index contributed by atoms with van der Waals surface area (Å²) in [4.78, 5) is 28.7. The van der Waals surface area contributed by atoms with Gasteiger partial charge >= 0.3 is 0 Å². The molecule has 1 fully saturated rings. The Balaban J connectivity index is 1.72. The molecular formula is C23H31N3O2. The SMILES string of the molecule is CC(C)CCN1C(=O)c2cc3ccccc3n2C[C@]1(C)C(=O)NC1CCCC1. The first-order valence-electron chi connectivity index (χ1n) is 10.6. The zero-order chi connectivity index (χ0) is 19.9. The molecule has 2 aliphatic rings. The van der Waals surface area contributed by atoms with E-state index in [1.165, 1.54) is 12.8 Å². The molecule has 28 heavy (non-hydrogen) atoms. The first kappa shape index (κ1) is 19.0. The second kappa shape index (κ2) is 7.26. The van der Waals surface area contributed by atoms with Crippen LogP contribution in [0, 0.1) is 5.92 Å². The van der Waals surface area contributed by atoms with Crippen molar-refractivity contribution in [2.45, 2.75) is 71.0 Å². The third-order valence-electron chi connectivity index (χ3n) is 6.45. The van der Waals surface area contributed by atoms with Crippen LogP contribution in [0.4, 0.5) is 0 Å². The molecular weight excluding hydrogens is 350 g/mol. The van der Waals surface area contributed by atoms with Crippen molar-refractivity contribution in [3.05, 3.63) is 36.0 Å². The fourth-order valence-electron chi connectivity index (χ4n) is 4.65. The number of carbonyl (C=O) groups is 2. The number of carbonyl (C=O) groups excluding carboxylic acids is 2. The lowest BCUT2D eigenvalue weighted by molar-refractivity contribution is -0.133. The standard InChI is InChI=1S/C23H31N3O2/c1-16(2)12-13-26-21(27)20-14-17-8-4-7-11-19(17)25(20)15-23(26,3)22(28)24-18-9-5-6-10-18/h4,7-8,11,14,16,18H,5-6,9-10,12-13,15H2,1-3H3,(H,24,28)/t23-/m1/s1. The highest BCUT2D eigenvalue weighted by atomic mass is 16.2. The van der Waals surface area contributed by atoms with Gasteiger partial charge in [-0.2, -0.15) is 0 Å². The summed E-state index contributed by atoms with van der Waals surface area (Å²) in [5, 5.41) is 4.30.